The number of aryl methyl sites for hydroxylation is 1. The van der Waals surface area contributed by atoms with Crippen LogP contribution < -0.4 is 10.1 Å². The van der Waals surface area contributed by atoms with Gasteiger partial charge in [-0.05, 0) is 42.9 Å². The minimum atomic E-state index is -0.141. The maximum absolute atomic E-state index is 12.3. The van der Waals surface area contributed by atoms with Crippen molar-refractivity contribution < 1.29 is 9.53 Å². The Morgan fingerprint density at radius 3 is 2.81 bits per heavy atom. The number of hydrogen-bond donors (Lipinski definition) is 2. The van der Waals surface area contributed by atoms with Gasteiger partial charge in [-0.3, -0.25) is 14.5 Å². The highest BCUT2D eigenvalue weighted by Gasteiger charge is 2.12. The quantitative estimate of drug-likeness (QED) is 0.558. The molecule has 0 fully saturated rings. The van der Waals surface area contributed by atoms with E-state index in [1.54, 1.807) is 11.7 Å². The second-order valence-corrected chi connectivity index (χ2v) is 7.23. The Balaban J connectivity index is 1.65. The zero-order valence-corrected chi connectivity index (χ0v) is 16.7. The number of carbonyl (C=O) groups excluding carboxylic acids is 1. The van der Waals surface area contributed by atoms with Crippen LogP contribution in [0, 0.1) is 4.77 Å². The molecule has 0 bridgehead atoms. The summed E-state index contributed by atoms with van der Waals surface area (Å²) in [7, 11) is 1.62. The highest BCUT2D eigenvalue weighted by atomic mass is 32.1. The molecule has 0 spiro atoms. The summed E-state index contributed by atoms with van der Waals surface area (Å²) in [5.74, 6) is 1.30. The van der Waals surface area contributed by atoms with Crippen LogP contribution in [0.5, 0.6) is 5.75 Å². The number of carbonyl (C=O) groups is 1. The number of aromatic amines is 1. The fourth-order valence-electron chi connectivity index (χ4n) is 2.50. The largest absolute Gasteiger partial charge is 0.497 e. The Bertz CT molecular complexity index is 960. The van der Waals surface area contributed by atoms with Gasteiger partial charge in [0.2, 0.25) is 11.0 Å². The van der Waals surface area contributed by atoms with Gasteiger partial charge in [0, 0.05) is 24.9 Å². The number of nitrogens with zero attached hydrogens (tertiary/aromatic N) is 4. The van der Waals surface area contributed by atoms with E-state index in [0.29, 0.717) is 22.3 Å². The molecule has 3 aromatic rings. The molecular weight excluding hydrogens is 384 g/mol. The van der Waals surface area contributed by atoms with Crippen LogP contribution >= 0.6 is 23.6 Å². The van der Waals surface area contributed by atoms with Gasteiger partial charge < -0.3 is 10.1 Å². The highest BCUT2D eigenvalue weighted by Crippen LogP contribution is 2.21. The first-order chi connectivity index (χ1) is 13.1. The number of rotatable bonds is 8. The molecule has 142 valence electrons. The summed E-state index contributed by atoms with van der Waals surface area (Å²) in [5, 5.41) is 19.4. The number of methoxy groups -OCH3 is 1. The van der Waals surface area contributed by atoms with E-state index in [-0.39, 0.29) is 12.3 Å². The highest BCUT2D eigenvalue weighted by molar-refractivity contribution is 7.71. The Morgan fingerprint density at radius 2 is 2.11 bits per heavy atom. The maximum Gasteiger partial charge on any atom is 0.227 e. The minimum absolute atomic E-state index is 0.141. The minimum Gasteiger partial charge on any atom is -0.497 e. The first-order valence-corrected chi connectivity index (χ1v) is 9.75. The summed E-state index contributed by atoms with van der Waals surface area (Å²) in [4.78, 5) is 12.3. The predicted molar refractivity (Wildman–Crippen MR) is 107 cm³/mol. The topological polar surface area (TPSA) is 97.7 Å². The number of nitrogens with one attached hydrogen (secondary N) is 2. The number of hydrogen-bond acceptors (Lipinski definition) is 7. The van der Waals surface area contributed by atoms with Gasteiger partial charge in [-0.15, -0.1) is 10.2 Å². The van der Waals surface area contributed by atoms with Crippen molar-refractivity contribution in [3.05, 3.63) is 34.0 Å². The fraction of sp³-hybridized carbons (Fsp3) is 0.353. The van der Waals surface area contributed by atoms with Crippen LogP contribution in [-0.2, 0) is 17.8 Å². The lowest BCUT2D eigenvalue weighted by Crippen LogP contribution is -2.15. The number of benzene rings is 1. The molecule has 1 aromatic carbocycles. The molecule has 2 N–H and O–H groups in total. The van der Waals surface area contributed by atoms with E-state index >= 15 is 0 Å². The van der Waals surface area contributed by atoms with Gasteiger partial charge in [0.25, 0.3) is 0 Å². The molecule has 27 heavy (non-hydrogen) atoms. The predicted octanol–water partition coefficient (Wildman–Crippen LogP) is 3.45. The van der Waals surface area contributed by atoms with Gasteiger partial charge in [0.1, 0.15) is 10.8 Å². The SMILES string of the molecule is CCCc1nnc(NC(=O)CCn2c(-c3ccc(OC)cc3)n[nH]c2=S)s1. The van der Waals surface area contributed by atoms with E-state index in [4.69, 9.17) is 17.0 Å². The van der Waals surface area contributed by atoms with Crippen LogP contribution in [0.2, 0.25) is 0 Å². The summed E-state index contributed by atoms with van der Waals surface area (Å²) in [6, 6.07) is 7.51. The van der Waals surface area contributed by atoms with Crippen LogP contribution in [0.4, 0.5) is 5.13 Å². The first-order valence-electron chi connectivity index (χ1n) is 8.52. The van der Waals surface area contributed by atoms with Crippen molar-refractivity contribution in [2.45, 2.75) is 32.7 Å². The van der Waals surface area contributed by atoms with Crippen LogP contribution in [-0.4, -0.2) is 38.0 Å². The summed E-state index contributed by atoms with van der Waals surface area (Å²) < 4.78 is 7.45. The Kier molecular flexibility index (Phi) is 6.30. The monoisotopic (exact) mass is 404 g/mol. The fourth-order valence-corrected chi connectivity index (χ4v) is 3.58. The van der Waals surface area contributed by atoms with Crippen molar-refractivity contribution in [1.29, 1.82) is 0 Å². The van der Waals surface area contributed by atoms with E-state index in [0.717, 1.165) is 29.2 Å². The second kappa shape index (κ2) is 8.87. The smallest absolute Gasteiger partial charge is 0.227 e. The van der Waals surface area contributed by atoms with Crippen molar-refractivity contribution in [3.8, 4) is 17.1 Å². The number of ether oxygens (including phenoxy) is 1. The van der Waals surface area contributed by atoms with E-state index in [9.17, 15) is 4.79 Å². The third-order valence-corrected chi connectivity index (χ3v) is 5.06. The van der Waals surface area contributed by atoms with Gasteiger partial charge >= 0.3 is 0 Å². The average Bonchev–Trinajstić information content (AvgIpc) is 3.27. The van der Waals surface area contributed by atoms with Gasteiger partial charge in [-0.25, -0.2) is 0 Å². The number of H-pyrrole nitrogens is 1. The van der Waals surface area contributed by atoms with Crippen LogP contribution in [0.25, 0.3) is 11.4 Å². The number of anilines is 1. The van der Waals surface area contributed by atoms with E-state index < -0.39 is 0 Å². The summed E-state index contributed by atoms with van der Waals surface area (Å²) in [5.41, 5.74) is 0.886. The van der Waals surface area contributed by atoms with Crippen LogP contribution in [0.3, 0.4) is 0 Å². The molecule has 0 aliphatic rings. The Labute approximate surface area is 165 Å². The molecular formula is C17H20N6O2S2. The van der Waals surface area contributed by atoms with Gasteiger partial charge in [-0.1, -0.05) is 18.3 Å². The molecule has 0 radical (unpaired) electrons. The number of aromatic nitrogens is 5. The second-order valence-electron chi connectivity index (χ2n) is 5.78. The molecule has 10 heteroatoms. The first kappa shape index (κ1) is 19.2. The number of amides is 1. The lowest BCUT2D eigenvalue weighted by Gasteiger charge is -2.07. The molecule has 0 aliphatic carbocycles. The average molecular weight is 405 g/mol. The van der Waals surface area contributed by atoms with Crippen molar-refractivity contribution in [2.75, 3.05) is 12.4 Å². The lowest BCUT2D eigenvalue weighted by atomic mass is 10.2. The molecule has 2 aromatic heterocycles. The van der Waals surface area contributed by atoms with Crippen LogP contribution in [0.1, 0.15) is 24.8 Å². The third kappa shape index (κ3) is 4.77. The molecule has 8 nitrogen and oxygen atoms in total. The zero-order chi connectivity index (χ0) is 19.2. The molecule has 0 saturated carbocycles. The molecule has 1 amide bonds. The summed E-state index contributed by atoms with van der Waals surface area (Å²) >= 11 is 6.71. The third-order valence-electron chi connectivity index (χ3n) is 3.85. The summed E-state index contributed by atoms with van der Waals surface area (Å²) in [6.45, 7) is 2.48. The molecule has 0 atom stereocenters. The van der Waals surface area contributed by atoms with E-state index in [1.807, 2.05) is 24.3 Å². The molecule has 0 unspecified atom stereocenters. The molecule has 0 saturated heterocycles. The van der Waals surface area contributed by atoms with Crippen molar-refractivity contribution >= 4 is 34.6 Å². The van der Waals surface area contributed by atoms with Crippen molar-refractivity contribution in [1.82, 2.24) is 25.0 Å². The normalized spacial score (nSPS) is 10.7. The standard InChI is InChI=1S/C17H20N6O2S2/c1-3-4-14-19-21-16(27-14)18-13(24)9-10-23-15(20-22-17(23)26)11-5-7-12(25-2)8-6-11/h5-8H,3-4,9-10H2,1-2H3,(H,22,26)(H,18,21,24). The van der Waals surface area contributed by atoms with E-state index in [1.165, 1.54) is 11.3 Å². The lowest BCUT2D eigenvalue weighted by molar-refractivity contribution is -0.116. The maximum atomic E-state index is 12.3. The Hall–Kier alpha value is -2.59. The molecule has 2 heterocycles. The molecule has 0 aliphatic heterocycles. The zero-order valence-electron chi connectivity index (χ0n) is 15.1. The van der Waals surface area contributed by atoms with Gasteiger partial charge in [0.15, 0.2) is 10.6 Å². The van der Waals surface area contributed by atoms with E-state index in [2.05, 4.69) is 32.6 Å². The Morgan fingerprint density at radius 1 is 1.33 bits per heavy atom. The van der Waals surface area contributed by atoms with Crippen molar-refractivity contribution in [3.63, 3.8) is 0 Å². The van der Waals surface area contributed by atoms with Crippen molar-refractivity contribution in [2.24, 2.45) is 0 Å². The molecule has 3 rings (SSSR count). The summed E-state index contributed by atoms with van der Waals surface area (Å²) in [6.07, 6.45) is 2.11. The van der Waals surface area contributed by atoms with Gasteiger partial charge in [0.05, 0.1) is 7.11 Å². The van der Waals surface area contributed by atoms with Crippen LogP contribution in [0.15, 0.2) is 24.3 Å². The van der Waals surface area contributed by atoms with Gasteiger partial charge in [-0.2, -0.15) is 5.10 Å².